The minimum Gasteiger partial charge on any atom is -0.378 e. The van der Waals surface area contributed by atoms with Crippen molar-refractivity contribution < 1.29 is 19.1 Å². The second-order valence-corrected chi connectivity index (χ2v) is 4.97. The zero-order valence-corrected chi connectivity index (χ0v) is 11.9. The van der Waals surface area contributed by atoms with Crippen LogP contribution >= 0.6 is 0 Å². The smallest absolute Gasteiger partial charge is 0.251 e. The van der Waals surface area contributed by atoms with Crippen molar-refractivity contribution in [2.75, 3.05) is 46.0 Å². The summed E-state index contributed by atoms with van der Waals surface area (Å²) in [6.07, 6.45) is 0.0671. The molecule has 0 radical (unpaired) electrons. The van der Waals surface area contributed by atoms with Crippen molar-refractivity contribution in [3.05, 3.63) is 0 Å². The van der Waals surface area contributed by atoms with Gasteiger partial charge in [0.05, 0.1) is 19.8 Å². The van der Waals surface area contributed by atoms with E-state index in [0.717, 1.165) is 6.54 Å². The largest absolute Gasteiger partial charge is 0.378 e. The van der Waals surface area contributed by atoms with Crippen LogP contribution in [0.5, 0.6) is 0 Å². The van der Waals surface area contributed by atoms with Crippen LogP contribution in [0.1, 0.15) is 13.3 Å². The number of rotatable bonds is 4. The van der Waals surface area contributed by atoms with Crippen molar-refractivity contribution in [3.63, 3.8) is 0 Å². The SMILES string of the molecule is CCC(NC(=O)C1CNCCO1)C(=O)N1CCOCC1. The molecule has 2 aliphatic rings. The number of nitrogens with one attached hydrogen (secondary N) is 2. The van der Waals surface area contributed by atoms with Crippen LogP contribution in [0.4, 0.5) is 0 Å². The van der Waals surface area contributed by atoms with Crippen molar-refractivity contribution in [2.24, 2.45) is 0 Å². The summed E-state index contributed by atoms with van der Waals surface area (Å²) < 4.78 is 10.6. The van der Waals surface area contributed by atoms with Crippen LogP contribution in [0.15, 0.2) is 0 Å². The second-order valence-electron chi connectivity index (χ2n) is 4.97. The fourth-order valence-electron chi connectivity index (χ4n) is 2.34. The van der Waals surface area contributed by atoms with E-state index in [1.54, 1.807) is 4.90 Å². The van der Waals surface area contributed by atoms with Gasteiger partial charge >= 0.3 is 0 Å². The minimum atomic E-state index is -0.504. The zero-order valence-electron chi connectivity index (χ0n) is 11.9. The number of morpholine rings is 2. The summed E-state index contributed by atoms with van der Waals surface area (Å²) in [7, 11) is 0. The number of carbonyl (C=O) groups excluding carboxylic acids is 2. The van der Waals surface area contributed by atoms with Crippen molar-refractivity contribution in [1.82, 2.24) is 15.5 Å². The molecule has 2 rings (SSSR count). The first-order chi connectivity index (χ1) is 9.72. The molecule has 7 nitrogen and oxygen atoms in total. The lowest BCUT2D eigenvalue weighted by Crippen LogP contribution is -2.55. The third-order valence-corrected chi connectivity index (χ3v) is 3.57. The molecule has 2 saturated heterocycles. The number of carbonyl (C=O) groups is 2. The van der Waals surface area contributed by atoms with Crippen LogP contribution in [-0.2, 0) is 19.1 Å². The Kier molecular flexibility index (Phi) is 5.75. The van der Waals surface area contributed by atoms with Gasteiger partial charge in [-0.1, -0.05) is 6.92 Å². The Balaban J connectivity index is 1.86. The van der Waals surface area contributed by atoms with Gasteiger partial charge in [0.1, 0.15) is 12.1 Å². The summed E-state index contributed by atoms with van der Waals surface area (Å²) in [4.78, 5) is 26.2. The normalized spacial score (nSPS) is 25.1. The highest BCUT2D eigenvalue weighted by molar-refractivity contribution is 5.89. The van der Waals surface area contributed by atoms with Gasteiger partial charge in [-0.3, -0.25) is 9.59 Å². The number of ether oxygens (including phenoxy) is 2. The molecule has 2 amide bonds. The van der Waals surface area contributed by atoms with E-state index in [-0.39, 0.29) is 11.8 Å². The number of amides is 2. The van der Waals surface area contributed by atoms with E-state index in [2.05, 4.69) is 10.6 Å². The predicted molar refractivity (Wildman–Crippen MR) is 72.2 cm³/mol. The Bertz CT molecular complexity index is 339. The Morgan fingerprint density at radius 2 is 2.10 bits per heavy atom. The fraction of sp³-hybridized carbons (Fsp3) is 0.846. The molecule has 2 heterocycles. The standard InChI is InChI=1S/C13H23N3O4/c1-2-10(13(18)16-4-7-19-8-5-16)15-12(17)11-9-14-3-6-20-11/h10-11,14H,2-9H2,1H3,(H,15,17). The van der Waals surface area contributed by atoms with Gasteiger partial charge in [-0.2, -0.15) is 0 Å². The summed E-state index contributed by atoms with van der Waals surface area (Å²) in [5.41, 5.74) is 0. The number of nitrogens with zero attached hydrogens (tertiary/aromatic N) is 1. The van der Waals surface area contributed by atoms with Crippen molar-refractivity contribution >= 4 is 11.8 Å². The first-order valence-corrected chi connectivity index (χ1v) is 7.21. The summed E-state index contributed by atoms with van der Waals surface area (Å²) in [6.45, 7) is 5.97. The van der Waals surface area contributed by atoms with Crippen molar-refractivity contribution in [3.8, 4) is 0 Å². The maximum absolute atomic E-state index is 12.3. The monoisotopic (exact) mass is 285 g/mol. The van der Waals surface area contributed by atoms with Gasteiger partial charge in [-0.05, 0) is 6.42 Å². The maximum atomic E-state index is 12.3. The molecule has 114 valence electrons. The van der Waals surface area contributed by atoms with E-state index < -0.39 is 12.1 Å². The van der Waals surface area contributed by atoms with Crippen LogP contribution in [0.25, 0.3) is 0 Å². The molecule has 0 saturated carbocycles. The molecule has 2 N–H and O–H groups in total. The van der Waals surface area contributed by atoms with Crippen LogP contribution in [0.3, 0.4) is 0 Å². The van der Waals surface area contributed by atoms with Gasteiger partial charge in [0.15, 0.2) is 0 Å². The average Bonchev–Trinajstić information content (AvgIpc) is 2.53. The molecule has 0 spiro atoms. The van der Waals surface area contributed by atoms with Crippen LogP contribution in [0.2, 0.25) is 0 Å². The summed E-state index contributed by atoms with van der Waals surface area (Å²) in [6, 6.07) is -0.480. The highest BCUT2D eigenvalue weighted by atomic mass is 16.5. The van der Waals surface area contributed by atoms with Crippen molar-refractivity contribution in [1.29, 1.82) is 0 Å². The molecular formula is C13H23N3O4. The summed E-state index contributed by atoms with van der Waals surface area (Å²) in [5, 5.41) is 5.90. The van der Waals surface area contributed by atoms with E-state index in [1.165, 1.54) is 0 Å². The topological polar surface area (TPSA) is 79.9 Å². The first kappa shape index (κ1) is 15.2. The molecule has 0 aliphatic carbocycles. The van der Waals surface area contributed by atoms with Gasteiger partial charge in [-0.25, -0.2) is 0 Å². The Morgan fingerprint density at radius 1 is 1.35 bits per heavy atom. The summed E-state index contributed by atoms with van der Waals surface area (Å²) >= 11 is 0. The molecule has 0 aromatic heterocycles. The van der Waals surface area contributed by atoms with Gasteiger partial charge < -0.3 is 25.0 Å². The van der Waals surface area contributed by atoms with E-state index >= 15 is 0 Å². The third-order valence-electron chi connectivity index (χ3n) is 3.57. The van der Waals surface area contributed by atoms with Gasteiger partial charge in [0.2, 0.25) is 5.91 Å². The van der Waals surface area contributed by atoms with Crippen LogP contribution in [-0.4, -0.2) is 74.9 Å². The van der Waals surface area contributed by atoms with E-state index in [0.29, 0.717) is 45.9 Å². The van der Waals surface area contributed by atoms with Crippen LogP contribution < -0.4 is 10.6 Å². The Labute approximate surface area is 119 Å². The first-order valence-electron chi connectivity index (χ1n) is 7.21. The Hall–Kier alpha value is -1.18. The van der Waals surface area contributed by atoms with Crippen LogP contribution in [0, 0.1) is 0 Å². The molecule has 0 aromatic rings. The molecule has 0 bridgehead atoms. The van der Waals surface area contributed by atoms with Gasteiger partial charge in [-0.15, -0.1) is 0 Å². The lowest BCUT2D eigenvalue weighted by molar-refractivity contribution is -0.143. The quantitative estimate of drug-likeness (QED) is 0.673. The highest BCUT2D eigenvalue weighted by Crippen LogP contribution is 2.05. The van der Waals surface area contributed by atoms with Crippen molar-refractivity contribution in [2.45, 2.75) is 25.5 Å². The molecule has 2 unspecified atom stereocenters. The molecule has 7 heteroatoms. The van der Waals surface area contributed by atoms with Gasteiger partial charge in [0.25, 0.3) is 5.91 Å². The predicted octanol–water partition coefficient (Wildman–Crippen LogP) is -1.27. The third kappa shape index (κ3) is 3.91. The number of hydrogen-bond acceptors (Lipinski definition) is 5. The molecule has 2 fully saturated rings. The van der Waals surface area contributed by atoms with E-state index in [4.69, 9.17) is 9.47 Å². The lowest BCUT2D eigenvalue weighted by Gasteiger charge is -2.31. The average molecular weight is 285 g/mol. The summed E-state index contributed by atoms with van der Waals surface area (Å²) in [5.74, 6) is -0.251. The lowest BCUT2D eigenvalue weighted by atomic mass is 10.1. The molecular weight excluding hydrogens is 262 g/mol. The minimum absolute atomic E-state index is 0.0343. The van der Waals surface area contributed by atoms with E-state index in [9.17, 15) is 9.59 Å². The second kappa shape index (κ2) is 7.56. The highest BCUT2D eigenvalue weighted by Gasteiger charge is 2.29. The molecule has 2 atom stereocenters. The maximum Gasteiger partial charge on any atom is 0.251 e. The fourth-order valence-corrected chi connectivity index (χ4v) is 2.34. The molecule has 0 aromatic carbocycles. The zero-order chi connectivity index (χ0) is 14.4. The molecule has 2 aliphatic heterocycles. The van der Waals surface area contributed by atoms with E-state index in [1.807, 2.05) is 6.92 Å². The number of hydrogen-bond donors (Lipinski definition) is 2. The molecule has 20 heavy (non-hydrogen) atoms. The Morgan fingerprint density at radius 3 is 2.70 bits per heavy atom. The van der Waals surface area contributed by atoms with Gasteiger partial charge in [0, 0.05) is 26.2 Å².